The summed E-state index contributed by atoms with van der Waals surface area (Å²) in [5.41, 5.74) is 1.33. The monoisotopic (exact) mass is 240 g/mol. The van der Waals surface area contributed by atoms with Gasteiger partial charge in [-0.25, -0.2) is 4.98 Å². The second-order valence-corrected chi connectivity index (χ2v) is 4.27. The molecule has 1 saturated heterocycles. The summed E-state index contributed by atoms with van der Waals surface area (Å²) in [7, 11) is 0. The van der Waals surface area contributed by atoms with Gasteiger partial charge in [-0.2, -0.15) is 0 Å². The molecule has 3 heteroatoms. The highest BCUT2D eigenvalue weighted by Gasteiger charge is 2.15. The van der Waals surface area contributed by atoms with Gasteiger partial charge in [0.05, 0.1) is 0 Å². The van der Waals surface area contributed by atoms with Gasteiger partial charge in [0.2, 0.25) is 0 Å². The minimum Gasteiger partial charge on any atom is -0.316 e. The quantitative estimate of drug-likeness (QED) is 0.801. The molecule has 1 unspecified atom stereocenters. The standard InChI is InChI=1S/C10H13BrN2/c11-10-9(2-1-4-13-10)6-8-3-5-12-7-8/h1-2,4,8,12H,3,5-7H2. The Morgan fingerprint density at radius 2 is 2.54 bits per heavy atom. The van der Waals surface area contributed by atoms with Gasteiger partial charge in [-0.3, -0.25) is 0 Å². The molecule has 1 fully saturated rings. The van der Waals surface area contributed by atoms with E-state index in [1.54, 1.807) is 0 Å². The second-order valence-electron chi connectivity index (χ2n) is 3.52. The van der Waals surface area contributed by atoms with Crippen molar-refractivity contribution in [1.29, 1.82) is 0 Å². The number of nitrogens with zero attached hydrogens (tertiary/aromatic N) is 1. The van der Waals surface area contributed by atoms with Crippen molar-refractivity contribution in [3.05, 3.63) is 28.5 Å². The number of hydrogen-bond acceptors (Lipinski definition) is 2. The van der Waals surface area contributed by atoms with Crippen LogP contribution in [0.2, 0.25) is 0 Å². The van der Waals surface area contributed by atoms with Crippen LogP contribution < -0.4 is 5.32 Å². The van der Waals surface area contributed by atoms with E-state index in [1.807, 2.05) is 12.3 Å². The Bertz CT molecular complexity index is 282. The second kappa shape index (κ2) is 4.20. The highest BCUT2D eigenvalue weighted by Crippen LogP contribution is 2.20. The molecule has 1 aromatic rings. The van der Waals surface area contributed by atoms with E-state index in [2.05, 4.69) is 32.3 Å². The van der Waals surface area contributed by atoms with E-state index < -0.39 is 0 Å². The minimum absolute atomic E-state index is 0.792. The highest BCUT2D eigenvalue weighted by atomic mass is 79.9. The fourth-order valence-corrected chi connectivity index (χ4v) is 2.18. The third kappa shape index (κ3) is 2.29. The molecule has 2 heterocycles. The first-order valence-electron chi connectivity index (χ1n) is 4.66. The number of aromatic nitrogens is 1. The summed E-state index contributed by atoms with van der Waals surface area (Å²) in [4.78, 5) is 4.22. The Morgan fingerprint density at radius 1 is 1.62 bits per heavy atom. The van der Waals surface area contributed by atoms with Gasteiger partial charge in [0.25, 0.3) is 0 Å². The van der Waals surface area contributed by atoms with Gasteiger partial charge in [0, 0.05) is 6.20 Å². The summed E-state index contributed by atoms with van der Waals surface area (Å²) in [6.07, 6.45) is 4.25. The lowest BCUT2D eigenvalue weighted by Gasteiger charge is -2.08. The first kappa shape index (κ1) is 9.16. The van der Waals surface area contributed by atoms with Crippen molar-refractivity contribution >= 4 is 15.9 Å². The van der Waals surface area contributed by atoms with Gasteiger partial charge in [0.15, 0.2) is 0 Å². The molecule has 1 aliphatic heterocycles. The van der Waals surface area contributed by atoms with Crippen molar-refractivity contribution in [2.75, 3.05) is 13.1 Å². The largest absolute Gasteiger partial charge is 0.316 e. The van der Waals surface area contributed by atoms with Crippen LogP contribution >= 0.6 is 15.9 Å². The normalized spacial score (nSPS) is 22.1. The SMILES string of the molecule is Brc1ncccc1CC1CCNC1. The van der Waals surface area contributed by atoms with E-state index in [0.717, 1.165) is 23.5 Å². The predicted octanol–water partition coefficient (Wildman–Crippen LogP) is 2.00. The lowest BCUT2D eigenvalue weighted by Crippen LogP contribution is -2.11. The van der Waals surface area contributed by atoms with Gasteiger partial charge < -0.3 is 5.32 Å². The lowest BCUT2D eigenvalue weighted by atomic mass is 10.0. The highest BCUT2D eigenvalue weighted by molar-refractivity contribution is 9.10. The van der Waals surface area contributed by atoms with Crippen LogP contribution in [0.15, 0.2) is 22.9 Å². The Hall–Kier alpha value is -0.410. The van der Waals surface area contributed by atoms with Crippen LogP contribution in [0.4, 0.5) is 0 Å². The van der Waals surface area contributed by atoms with Crippen LogP contribution in [0.5, 0.6) is 0 Å². The van der Waals surface area contributed by atoms with Crippen molar-refractivity contribution in [3.63, 3.8) is 0 Å². The average molecular weight is 241 g/mol. The average Bonchev–Trinajstić information content (AvgIpc) is 2.61. The molecule has 13 heavy (non-hydrogen) atoms. The Balaban J connectivity index is 2.04. The summed E-state index contributed by atoms with van der Waals surface area (Å²) in [5, 5.41) is 3.38. The maximum atomic E-state index is 4.22. The first-order valence-corrected chi connectivity index (χ1v) is 5.45. The Kier molecular flexibility index (Phi) is 2.96. The molecular formula is C10H13BrN2. The molecular weight excluding hydrogens is 228 g/mol. The summed E-state index contributed by atoms with van der Waals surface area (Å²) in [6.45, 7) is 2.32. The zero-order chi connectivity index (χ0) is 9.10. The van der Waals surface area contributed by atoms with Crippen molar-refractivity contribution in [2.24, 2.45) is 5.92 Å². The van der Waals surface area contributed by atoms with Crippen molar-refractivity contribution in [2.45, 2.75) is 12.8 Å². The number of rotatable bonds is 2. The van der Waals surface area contributed by atoms with Crippen LogP contribution in [0.25, 0.3) is 0 Å². The zero-order valence-corrected chi connectivity index (χ0v) is 9.05. The van der Waals surface area contributed by atoms with Gasteiger partial charge >= 0.3 is 0 Å². The summed E-state index contributed by atoms with van der Waals surface area (Å²) in [6, 6.07) is 4.15. The molecule has 70 valence electrons. The molecule has 0 radical (unpaired) electrons. The van der Waals surface area contributed by atoms with Gasteiger partial charge in [-0.05, 0) is 59.4 Å². The molecule has 1 N–H and O–H groups in total. The van der Waals surface area contributed by atoms with E-state index in [-0.39, 0.29) is 0 Å². The van der Waals surface area contributed by atoms with Crippen molar-refractivity contribution in [1.82, 2.24) is 10.3 Å². The molecule has 2 nitrogen and oxygen atoms in total. The van der Waals surface area contributed by atoms with Crippen LogP contribution in [0.3, 0.4) is 0 Å². The summed E-state index contributed by atoms with van der Waals surface area (Å²) in [5.74, 6) is 0.792. The lowest BCUT2D eigenvalue weighted by molar-refractivity contribution is 0.577. The third-order valence-electron chi connectivity index (χ3n) is 2.51. The van der Waals surface area contributed by atoms with Gasteiger partial charge in [0.1, 0.15) is 4.60 Å². The van der Waals surface area contributed by atoms with Crippen molar-refractivity contribution in [3.8, 4) is 0 Å². The van der Waals surface area contributed by atoms with Gasteiger partial charge in [-0.15, -0.1) is 0 Å². The smallest absolute Gasteiger partial charge is 0.109 e. The van der Waals surface area contributed by atoms with E-state index in [1.165, 1.54) is 18.5 Å². The van der Waals surface area contributed by atoms with E-state index in [0.29, 0.717) is 0 Å². The number of pyridine rings is 1. The fraction of sp³-hybridized carbons (Fsp3) is 0.500. The maximum Gasteiger partial charge on any atom is 0.109 e. The molecule has 0 amide bonds. The summed E-state index contributed by atoms with van der Waals surface area (Å²) >= 11 is 3.47. The molecule has 2 rings (SSSR count). The van der Waals surface area contributed by atoms with E-state index >= 15 is 0 Å². The summed E-state index contributed by atoms with van der Waals surface area (Å²) < 4.78 is 1.00. The van der Waals surface area contributed by atoms with Crippen molar-refractivity contribution < 1.29 is 0 Å². The number of nitrogens with one attached hydrogen (secondary N) is 1. The van der Waals surface area contributed by atoms with Crippen LogP contribution in [0.1, 0.15) is 12.0 Å². The molecule has 0 spiro atoms. The van der Waals surface area contributed by atoms with E-state index in [9.17, 15) is 0 Å². The van der Waals surface area contributed by atoms with Crippen LogP contribution in [-0.4, -0.2) is 18.1 Å². The maximum absolute atomic E-state index is 4.22. The Morgan fingerprint density at radius 3 is 3.23 bits per heavy atom. The van der Waals surface area contributed by atoms with Crippen LogP contribution in [0, 0.1) is 5.92 Å². The first-order chi connectivity index (χ1) is 6.36. The third-order valence-corrected chi connectivity index (χ3v) is 3.22. The Labute approximate surface area is 86.9 Å². The number of hydrogen-bond donors (Lipinski definition) is 1. The van der Waals surface area contributed by atoms with Crippen LogP contribution in [-0.2, 0) is 6.42 Å². The topological polar surface area (TPSA) is 24.9 Å². The molecule has 1 aromatic heterocycles. The number of halogens is 1. The zero-order valence-electron chi connectivity index (χ0n) is 7.46. The molecule has 0 aromatic carbocycles. The molecule has 0 bridgehead atoms. The molecule has 0 aliphatic carbocycles. The fourth-order valence-electron chi connectivity index (χ4n) is 1.77. The van der Waals surface area contributed by atoms with Gasteiger partial charge in [-0.1, -0.05) is 6.07 Å². The molecule has 0 saturated carbocycles. The van der Waals surface area contributed by atoms with E-state index in [4.69, 9.17) is 0 Å². The molecule has 1 aliphatic rings. The predicted molar refractivity (Wildman–Crippen MR) is 56.6 cm³/mol. The molecule has 1 atom stereocenters. The minimum atomic E-state index is 0.792.